The van der Waals surface area contributed by atoms with Crippen molar-refractivity contribution in [2.45, 2.75) is 12.8 Å². The Morgan fingerprint density at radius 3 is 1.11 bits per heavy atom. The average Bonchev–Trinajstić information content (AvgIpc) is 2.92. The Kier molecular flexibility index (Phi) is 20.5. The van der Waals surface area contributed by atoms with Crippen LogP contribution in [0, 0.1) is 0 Å². The van der Waals surface area contributed by atoms with E-state index in [-0.39, 0.29) is 64.2 Å². The van der Waals surface area contributed by atoms with E-state index in [0.717, 1.165) is 12.8 Å². The van der Waals surface area contributed by atoms with Gasteiger partial charge in [-0.2, -0.15) is 35.4 Å². The molecule has 0 radical (unpaired) electrons. The second-order valence-corrected chi connectivity index (χ2v) is 3.53. The average molecular weight is 380 g/mol. The van der Waals surface area contributed by atoms with E-state index in [1.165, 1.54) is 11.1 Å². The Morgan fingerprint density at radius 1 is 0.632 bits per heavy atom. The summed E-state index contributed by atoms with van der Waals surface area (Å²) in [4.78, 5) is 0. The molecule has 0 aliphatic carbocycles. The summed E-state index contributed by atoms with van der Waals surface area (Å²) in [5.41, 5.74) is 2.43. The molecule has 0 saturated heterocycles. The maximum absolute atomic E-state index is 8.44. The van der Waals surface area contributed by atoms with Crippen molar-refractivity contribution >= 4 is 0 Å². The first kappa shape index (κ1) is 24.1. The van der Waals surface area contributed by atoms with Gasteiger partial charge in [0, 0.05) is 13.2 Å². The molecule has 0 amide bonds. The van der Waals surface area contributed by atoms with Gasteiger partial charge in [-0.15, -0.1) is 0 Å². The molecule has 0 saturated carbocycles. The van der Waals surface area contributed by atoms with E-state index in [0.29, 0.717) is 0 Å². The van der Waals surface area contributed by atoms with E-state index in [2.05, 4.69) is 0 Å². The minimum absolute atomic E-state index is 0. The van der Waals surface area contributed by atoms with Crippen molar-refractivity contribution in [3.63, 3.8) is 0 Å². The summed E-state index contributed by atoms with van der Waals surface area (Å²) in [6, 6.07) is 15.9. The molecule has 2 nitrogen and oxygen atoms in total. The van der Waals surface area contributed by atoms with Gasteiger partial charge in [0.25, 0.3) is 0 Å². The summed E-state index contributed by atoms with van der Waals surface area (Å²) in [6.07, 6.45) is 1.57. The Balaban J connectivity index is -0.000000233. The molecule has 0 unspecified atom stereocenters. The summed E-state index contributed by atoms with van der Waals surface area (Å²) >= 11 is 0. The van der Waals surface area contributed by atoms with Gasteiger partial charge >= 0.3 is 26.2 Å². The van der Waals surface area contributed by atoms with E-state index in [9.17, 15) is 0 Å². The number of aliphatic hydroxyl groups is 2. The summed E-state index contributed by atoms with van der Waals surface area (Å²) in [5.74, 6) is 0. The van der Waals surface area contributed by atoms with Crippen LogP contribution in [0.3, 0.4) is 0 Å². The molecule has 0 spiro atoms. The molecular formula is C14H18Cl2O2Zr. The third-order valence-electron chi connectivity index (χ3n) is 2.26. The summed E-state index contributed by atoms with van der Waals surface area (Å²) in [7, 11) is 0. The monoisotopic (exact) mass is 378 g/mol. The van der Waals surface area contributed by atoms with Crippen molar-refractivity contribution in [1.29, 1.82) is 0 Å². The van der Waals surface area contributed by atoms with Crippen molar-refractivity contribution in [1.82, 2.24) is 0 Å². The van der Waals surface area contributed by atoms with Crippen LogP contribution in [0.25, 0.3) is 0 Å². The fourth-order valence-corrected chi connectivity index (χ4v) is 1.42. The number of aliphatic hydroxyl groups excluding tert-OH is 2. The quantitative estimate of drug-likeness (QED) is 0.530. The molecule has 0 atom stereocenters. The molecule has 2 aromatic carbocycles. The fourth-order valence-electron chi connectivity index (χ4n) is 1.42. The number of hydrogen-bond acceptors (Lipinski definition) is 2. The third-order valence-corrected chi connectivity index (χ3v) is 2.26. The van der Waals surface area contributed by atoms with Crippen LogP contribution in [0.15, 0.2) is 48.5 Å². The van der Waals surface area contributed by atoms with Crippen molar-refractivity contribution < 1.29 is 61.2 Å². The van der Waals surface area contributed by atoms with E-state index in [1.807, 2.05) is 48.5 Å². The molecule has 0 aromatic heterocycles. The largest absolute Gasteiger partial charge is 4.00 e. The van der Waals surface area contributed by atoms with Crippen LogP contribution in [-0.2, 0) is 39.0 Å². The van der Waals surface area contributed by atoms with Crippen molar-refractivity contribution in [2.75, 3.05) is 13.2 Å². The maximum atomic E-state index is 8.44. The maximum Gasteiger partial charge on any atom is 4.00 e. The van der Waals surface area contributed by atoms with E-state index in [1.54, 1.807) is 0 Å². The SMILES string of the molecule is OCC[c-]1cccc1.OCC[c-]1cccc1.[Cl-].[Cl-].[Zr+4]. The predicted octanol–water partition coefficient (Wildman–Crippen LogP) is -4.11. The summed E-state index contributed by atoms with van der Waals surface area (Å²) < 4.78 is 0. The van der Waals surface area contributed by atoms with Gasteiger partial charge in [0.15, 0.2) is 0 Å². The van der Waals surface area contributed by atoms with Crippen LogP contribution in [-0.4, -0.2) is 23.4 Å². The molecule has 0 aliphatic heterocycles. The minimum atomic E-state index is 0. The molecule has 2 N–H and O–H groups in total. The van der Waals surface area contributed by atoms with E-state index in [4.69, 9.17) is 10.2 Å². The van der Waals surface area contributed by atoms with Crippen LogP contribution in [0.5, 0.6) is 0 Å². The molecule has 0 aliphatic rings. The minimum Gasteiger partial charge on any atom is -1.00 e. The van der Waals surface area contributed by atoms with Crippen LogP contribution in [0.2, 0.25) is 0 Å². The first-order chi connectivity index (χ1) is 7.86. The first-order valence-corrected chi connectivity index (χ1v) is 5.49. The van der Waals surface area contributed by atoms with Crippen molar-refractivity contribution in [3.05, 3.63) is 59.7 Å². The number of rotatable bonds is 4. The number of halogens is 2. The van der Waals surface area contributed by atoms with Gasteiger partial charge in [-0.05, 0) is 0 Å². The zero-order valence-corrected chi connectivity index (χ0v) is 14.6. The van der Waals surface area contributed by atoms with Gasteiger partial charge in [0.05, 0.1) is 0 Å². The molecular weight excluding hydrogens is 362 g/mol. The van der Waals surface area contributed by atoms with Gasteiger partial charge in [-0.1, -0.05) is 12.8 Å². The van der Waals surface area contributed by atoms with Gasteiger partial charge in [-0.3, -0.25) is 0 Å². The Morgan fingerprint density at radius 2 is 0.895 bits per heavy atom. The molecule has 0 bridgehead atoms. The van der Waals surface area contributed by atoms with Crippen molar-refractivity contribution in [3.8, 4) is 0 Å². The first-order valence-electron chi connectivity index (χ1n) is 5.49. The predicted molar refractivity (Wildman–Crippen MR) is 65.6 cm³/mol. The standard InChI is InChI=1S/2C7H9O.2ClH.Zr/c2*8-6-5-7-3-1-2-4-7;;;/h2*1-4,8H,5-6H2;2*1H;/q2*-1;;;+4/p-2. The molecule has 19 heavy (non-hydrogen) atoms. The molecule has 5 heteroatoms. The van der Waals surface area contributed by atoms with Gasteiger partial charge in [-0.25, -0.2) is 24.3 Å². The zero-order valence-electron chi connectivity index (χ0n) is 10.6. The van der Waals surface area contributed by atoms with E-state index >= 15 is 0 Å². The van der Waals surface area contributed by atoms with Crippen molar-refractivity contribution in [2.24, 2.45) is 0 Å². The van der Waals surface area contributed by atoms with Crippen LogP contribution < -0.4 is 24.8 Å². The number of hydrogen-bond donors (Lipinski definition) is 2. The third kappa shape index (κ3) is 11.6. The Hall–Kier alpha value is 0.0831. The molecule has 2 aromatic rings. The Labute approximate surface area is 146 Å². The van der Waals surface area contributed by atoms with Crippen LogP contribution in [0.4, 0.5) is 0 Å². The second-order valence-electron chi connectivity index (χ2n) is 3.53. The van der Waals surface area contributed by atoms with Gasteiger partial charge < -0.3 is 35.0 Å². The van der Waals surface area contributed by atoms with Crippen LogP contribution in [0.1, 0.15) is 11.1 Å². The second kappa shape index (κ2) is 16.1. The summed E-state index contributed by atoms with van der Waals surface area (Å²) in [5, 5.41) is 16.9. The van der Waals surface area contributed by atoms with Crippen LogP contribution >= 0.6 is 0 Å². The normalized spacial score (nSPS) is 8.11. The Bertz CT molecular complexity index is 311. The van der Waals surface area contributed by atoms with Gasteiger partial charge in [0.1, 0.15) is 0 Å². The topological polar surface area (TPSA) is 40.5 Å². The molecule has 0 heterocycles. The molecule has 104 valence electrons. The zero-order chi connectivity index (χ0) is 11.6. The molecule has 0 fully saturated rings. The fraction of sp³-hybridized carbons (Fsp3) is 0.286. The van der Waals surface area contributed by atoms with Gasteiger partial charge in [0.2, 0.25) is 0 Å². The summed E-state index contributed by atoms with van der Waals surface area (Å²) in [6.45, 7) is 0.508. The molecule has 2 rings (SSSR count). The smallest absolute Gasteiger partial charge is 1.00 e. The van der Waals surface area contributed by atoms with E-state index < -0.39 is 0 Å².